The topological polar surface area (TPSA) is 66.4 Å². The van der Waals surface area contributed by atoms with Gasteiger partial charge in [0.25, 0.3) is 0 Å². The van der Waals surface area contributed by atoms with E-state index in [0.717, 1.165) is 6.08 Å². The van der Waals surface area contributed by atoms with Gasteiger partial charge in [-0.1, -0.05) is 22.5 Å². The summed E-state index contributed by atoms with van der Waals surface area (Å²) in [5.74, 6) is -1.55. The molecule has 0 aliphatic heterocycles. The molecule has 5 heteroatoms. The van der Waals surface area contributed by atoms with Crippen LogP contribution in [-0.4, -0.2) is 17.0 Å². The lowest BCUT2D eigenvalue weighted by atomic mass is 10.2. The summed E-state index contributed by atoms with van der Waals surface area (Å²) in [4.78, 5) is 21.9. The molecule has 4 nitrogen and oxygen atoms in total. The predicted molar refractivity (Wildman–Crippen MR) is 59.9 cm³/mol. The predicted octanol–water partition coefficient (Wildman–Crippen LogP) is 2.27. The van der Waals surface area contributed by atoms with E-state index in [4.69, 9.17) is 5.11 Å². The van der Waals surface area contributed by atoms with Gasteiger partial charge in [0.15, 0.2) is 0 Å². The zero-order chi connectivity index (χ0) is 11.4. The molecule has 1 aromatic carbocycles. The Morgan fingerprint density at radius 2 is 2.13 bits per heavy atom. The normalized spacial score (nSPS) is 9.40. The summed E-state index contributed by atoms with van der Waals surface area (Å²) in [5, 5.41) is 11.3. The molecule has 0 saturated heterocycles. The second-order valence-electron chi connectivity index (χ2n) is 2.69. The van der Waals surface area contributed by atoms with Crippen molar-refractivity contribution >= 4 is 33.5 Å². The first-order chi connectivity index (χ1) is 7.04. The molecule has 0 heterocycles. The van der Waals surface area contributed by atoms with E-state index in [0.29, 0.717) is 4.47 Å². The first kappa shape index (κ1) is 11.5. The van der Waals surface area contributed by atoms with Gasteiger partial charge in [-0.3, -0.25) is 4.79 Å². The first-order valence-electron chi connectivity index (χ1n) is 4.01. The van der Waals surface area contributed by atoms with Crippen LogP contribution < -0.4 is 5.32 Å². The highest BCUT2D eigenvalue weighted by atomic mass is 79.9. The van der Waals surface area contributed by atoms with Gasteiger partial charge in [0, 0.05) is 4.47 Å². The number of carboxylic acid groups (broad SMARTS) is 1. The van der Waals surface area contributed by atoms with Crippen molar-refractivity contribution < 1.29 is 14.7 Å². The van der Waals surface area contributed by atoms with Crippen molar-refractivity contribution in [2.24, 2.45) is 0 Å². The summed E-state index contributed by atoms with van der Waals surface area (Å²) >= 11 is 3.15. The van der Waals surface area contributed by atoms with Gasteiger partial charge in [0.1, 0.15) is 0 Å². The van der Waals surface area contributed by atoms with Crippen molar-refractivity contribution in [3.8, 4) is 0 Å². The molecule has 1 aromatic rings. The van der Waals surface area contributed by atoms with Gasteiger partial charge in [0.05, 0.1) is 11.3 Å². The number of nitrogens with one attached hydrogen (secondary N) is 1. The summed E-state index contributed by atoms with van der Waals surface area (Å²) in [6.45, 7) is 3.28. The Hall–Kier alpha value is -1.62. The Morgan fingerprint density at radius 1 is 1.47 bits per heavy atom. The van der Waals surface area contributed by atoms with Gasteiger partial charge in [-0.05, 0) is 24.3 Å². The minimum Gasteiger partial charge on any atom is -0.478 e. The Morgan fingerprint density at radius 3 is 2.67 bits per heavy atom. The molecule has 0 atom stereocenters. The fourth-order valence-corrected chi connectivity index (χ4v) is 1.35. The van der Waals surface area contributed by atoms with Crippen LogP contribution in [0.25, 0.3) is 0 Å². The van der Waals surface area contributed by atoms with E-state index in [1.807, 2.05) is 0 Å². The number of halogens is 1. The fraction of sp³-hybridized carbons (Fsp3) is 0. The highest BCUT2D eigenvalue weighted by Crippen LogP contribution is 2.21. The van der Waals surface area contributed by atoms with Gasteiger partial charge in [-0.2, -0.15) is 0 Å². The average Bonchev–Trinajstić information content (AvgIpc) is 2.20. The third kappa shape index (κ3) is 2.92. The number of carbonyl (C=O) groups excluding carboxylic acids is 1. The van der Waals surface area contributed by atoms with Crippen molar-refractivity contribution in [3.05, 3.63) is 40.9 Å². The molecule has 0 saturated carbocycles. The van der Waals surface area contributed by atoms with Crippen LogP contribution in [0, 0.1) is 0 Å². The number of benzene rings is 1. The van der Waals surface area contributed by atoms with Crippen molar-refractivity contribution in [2.75, 3.05) is 5.32 Å². The van der Waals surface area contributed by atoms with Crippen molar-refractivity contribution in [1.29, 1.82) is 0 Å². The molecule has 0 fully saturated rings. The molecular formula is C10H8BrNO3. The molecule has 0 aliphatic carbocycles. The van der Waals surface area contributed by atoms with E-state index < -0.39 is 11.9 Å². The number of aromatic carboxylic acids is 1. The Labute approximate surface area is 94.7 Å². The van der Waals surface area contributed by atoms with E-state index in [9.17, 15) is 9.59 Å². The lowest BCUT2D eigenvalue weighted by Crippen LogP contribution is -2.11. The second-order valence-corrected chi connectivity index (χ2v) is 3.60. The average molecular weight is 270 g/mol. The number of amides is 1. The number of hydrogen-bond acceptors (Lipinski definition) is 2. The monoisotopic (exact) mass is 269 g/mol. The lowest BCUT2D eigenvalue weighted by Gasteiger charge is -2.06. The van der Waals surface area contributed by atoms with E-state index in [1.54, 1.807) is 6.07 Å². The van der Waals surface area contributed by atoms with E-state index >= 15 is 0 Å². The summed E-state index contributed by atoms with van der Waals surface area (Å²) < 4.78 is 0.636. The fourth-order valence-electron chi connectivity index (χ4n) is 0.986. The molecule has 1 rings (SSSR count). The lowest BCUT2D eigenvalue weighted by molar-refractivity contribution is -0.111. The minimum absolute atomic E-state index is 0.0274. The molecule has 0 bridgehead atoms. The molecule has 0 aromatic heterocycles. The molecule has 0 radical (unpaired) electrons. The third-order valence-electron chi connectivity index (χ3n) is 1.66. The van der Waals surface area contributed by atoms with E-state index in [2.05, 4.69) is 27.8 Å². The molecule has 15 heavy (non-hydrogen) atoms. The van der Waals surface area contributed by atoms with Gasteiger partial charge < -0.3 is 10.4 Å². The maximum Gasteiger partial charge on any atom is 0.337 e. The Bertz CT molecular complexity index is 429. The van der Waals surface area contributed by atoms with Gasteiger partial charge >= 0.3 is 5.97 Å². The van der Waals surface area contributed by atoms with Crippen LogP contribution in [0.1, 0.15) is 10.4 Å². The molecular weight excluding hydrogens is 262 g/mol. The highest BCUT2D eigenvalue weighted by Gasteiger charge is 2.11. The SMILES string of the molecule is C=CC(=O)Nc1ccc(Br)cc1C(=O)O. The summed E-state index contributed by atoms with van der Waals surface area (Å²) in [6.07, 6.45) is 1.08. The Balaban J connectivity index is 3.11. The quantitative estimate of drug-likeness (QED) is 0.828. The number of rotatable bonds is 3. The van der Waals surface area contributed by atoms with E-state index in [-0.39, 0.29) is 11.3 Å². The second kappa shape index (κ2) is 4.75. The standard InChI is InChI=1S/C10H8BrNO3/c1-2-9(13)12-8-4-3-6(11)5-7(8)10(14)15/h2-5H,1H2,(H,12,13)(H,14,15). The summed E-state index contributed by atoms with van der Waals surface area (Å²) in [5.41, 5.74) is 0.273. The number of hydrogen-bond donors (Lipinski definition) is 2. The molecule has 0 aliphatic rings. The Kier molecular flexibility index (Phi) is 3.62. The maximum absolute atomic E-state index is 11.0. The van der Waals surface area contributed by atoms with Gasteiger partial charge in [-0.25, -0.2) is 4.79 Å². The van der Waals surface area contributed by atoms with Crippen LogP contribution in [0.2, 0.25) is 0 Å². The minimum atomic E-state index is -1.10. The van der Waals surface area contributed by atoms with E-state index in [1.165, 1.54) is 12.1 Å². The number of anilines is 1. The molecule has 78 valence electrons. The summed E-state index contributed by atoms with van der Waals surface area (Å²) in [6, 6.07) is 4.57. The van der Waals surface area contributed by atoms with Gasteiger partial charge in [0.2, 0.25) is 5.91 Å². The molecule has 1 amide bonds. The van der Waals surface area contributed by atoms with Crippen LogP contribution >= 0.6 is 15.9 Å². The number of carboxylic acids is 1. The van der Waals surface area contributed by atoms with Crippen molar-refractivity contribution in [1.82, 2.24) is 0 Å². The highest BCUT2D eigenvalue weighted by molar-refractivity contribution is 9.10. The first-order valence-corrected chi connectivity index (χ1v) is 4.80. The number of carbonyl (C=O) groups is 2. The van der Waals surface area contributed by atoms with Crippen molar-refractivity contribution in [2.45, 2.75) is 0 Å². The van der Waals surface area contributed by atoms with Crippen LogP contribution in [0.15, 0.2) is 35.3 Å². The van der Waals surface area contributed by atoms with Gasteiger partial charge in [-0.15, -0.1) is 0 Å². The summed E-state index contributed by atoms with van der Waals surface area (Å²) in [7, 11) is 0. The van der Waals surface area contributed by atoms with Crippen molar-refractivity contribution in [3.63, 3.8) is 0 Å². The molecule has 2 N–H and O–H groups in total. The third-order valence-corrected chi connectivity index (χ3v) is 2.15. The smallest absolute Gasteiger partial charge is 0.337 e. The molecule has 0 spiro atoms. The maximum atomic E-state index is 11.0. The van der Waals surface area contributed by atoms with Crippen LogP contribution in [0.3, 0.4) is 0 Å². The largest absolute Gasteiger partial charge is 0.478 e. The zero-order valence-corrected chi connectivity index (χ0v) is 9.24. The van der Waals surface area contributed by atoms with Crippen LogP contribution in [-0.2, 0) is 4.79 Å². The zero-order valence-electron chi connectivity index (χ0n) is 7.66. The van der Waals surface area contributed by atoms with Crippen LogP contribution in [0.4, 0.5) is 5.69 Å². The van der Waals surface area contributed by atoms with Crippen LogP contribution in [0.5, 0.6) is 0 Å². The molecule has 0 unspecified atom stereocenters.